The molecule has 0 aliphatic carbocycles. The zero-order valence-electron chi connectivity index (χ0n) is 10.7. The van der Waals surface area contributed by atoms with E-state index in [1.165, 1.54) is 6.92 Å². The standard InChI is InChI=1S/C10H16BF6N/c1-7(8(2)6-18(3)4)5-11(9(12,13)14)10(15,16)17/h5-6H2,1-4H3/b8-7-. The second-order valence-corrected chi connectivity index (χ2v) is 4.64. The molecule has 106 valence electrons. The van der Waals surface area contributed by atoms with Gasteiger partial charge in [-0.3, -0.25) is 0 Å². The van der Waals surface area contributed by atoms with Crippen LogP contribution in [0.4, 0.5) is 26.3 Å². The van der Waals surface area contributed by atoms with Gasteiger partial charge in [-0.25, -0.2) is 0 Å². The van der Waals surface area contributed by atoms with Crippen molar-refractivity contribution in [3.8, 4) is 0 Å². The molecule has 0 aromatic carbocycles. The Balaban J connectivity index is 5.02. The highest BCUT2D eigenvalue weighted by molar-refractivity contribution is 6.63. The first kappa shape index (κ1) is 17.3. The van der Waals surface area contributed by atoms with Gasteiger partial charge in [-0.2, -0.15) is 26.3 Å². The third-order valence-corrected chi connectivity index (χ3v) is 2.58. The maximum absolute atomic E-state index is 12.3. The Morgan fingerprint density at radius 2 is 1.28 bits per heavy atom. The van der Waals surface area contributed by atoms with Gasteiger partial charge in [0, 0.05) is 6.54 Å². The van der Waals surface area contributed by atoms with Crippen LogP contribution in [0.2, 0.25) is 6.32 Å². The summed E-state index contributed by atoms with van der Waals surface area (Å²) < 4.78 is 74.1. The van der Waals surface area contributed by atoms with Gasteiger partial charge in [0.1, 0.15) is 0 Å². The molecule has 0 rings (SSSR count). The minimum absolute atomic E-state index is 0.128. The molecule has 0 aromatic rings. The molecule has 18 heavy (non-hydrogen) atoms. The molecular formula is C10H16BF6N. The summed E-state index contributed by atoms with van der Waals surface area (Å²) in [6.45, 7) is -0.0985. The fourth-order valence-corrected chi connectivity index (χ4v) is 1.51. The summed E-state index contributed by atoms with van der Waals surface area (Å²) in [5.74, 6) is 0. The third kappa shape index (κ3) is 5.79. The first-order chi connectivity index (χ1) is 7.85. The number of alkyl halides is 6. The number of allylic oxidation sites excluding steroid dienone is 1. The molecule has 0 amide bonds. The van der Waals surface area contributed by atoms with Crippen LogP contribution < -0.4 is 0 Å². The van der Waals surface area contributed by atoms with E-state index in [1.54, 1.807) is 25.9 Å². The van der Waals surface area contributed by atoms with Gasteiger partial charge >= 0.3 is 18.9 Å². The van der Waals surface area contributed by atoms with Crippen LogP contribution in [0.15, 0.2) is 11.1 Å². The second-order valence-electron chi connectivity index (χ2n) is 4.64. The van der Waals surface area contributed by atoms with Gasteiger partial charge in [-0.05, 0) is 34.3 Å². The quantitative estimate of drug-likeness (QED) is 0.430. The van der Waals surface area contributed by atoms with E-state index in [0.717, 1.165) is 0 Å². The fourth-order valence-electron chi connectivity index (χ4n) is 1.51. The highest BCUT2D eigenvalue weighted by atomic mass is 19.4. The molecule has 8 heteroatoms. The van der Waals surface area contributed by atoms with E-state index in [0.29, 0.717) is 12.1 Å². The zero-order chi connectivity index (χ0) is 14.7. The van der Waals surface area contributed by atoms with Gasteiger partial charge in [0.2, 0.25) is 0 Å². The Bertz CT molecular complexity index is 290. The largest absolute Gasteiger partial charge is 0.404 e. The monoisotopic (exact) mass is 275 g/mol. The summed E-state index contributed by atoms with van der Waals surface area (Å²) in [5, 5.41) is 0. The summed E-state index contributed by atoms with van der Waals surface area (Å²) >= 11 is 0. The minimum atomic E-state index is -5.27. The van der Waals surface area contributed by atoms with Crippen LogP contribution in [0, 0.1) is 0 Å². The third-order valence-electron chi connectivity index (χ3n) is 2.58. The van der Waals surface area contributed by atoms with Crippen molar-refractivity contribution in [3.05, 3.63) is 11.1 Å². The zero-order valence-corrected chi connectivity index (χ0v) is 10.7. The highest BCUT2D eigenvalue weighted by Gasteiger charge is 2.60. The van der Waals surface area contributed by atoms with Gasteiger partial charge in [0.25, 0.3) is 0 Å². The summed E-state index contributed by atoms with van der Waals surface area (Å²) in [4.78, 5) is 1.69. The van der Waals surface area contributed by atoms with Crippen LogP contribution in [0.3, 0.4) is 0 Å². The molecule has 0 radical (unpaired) electrons. The van der Waals surface area contributed by atoms with Crippen molar-refractivity contribution in [2.45, 2.75) is 32.3 Å². The lowest BCUT2D eigenvalue weighted by Gasteiger charge is -2.21. The highest BCUT2D eigenvalue weighted by Crippen LogP contribution is 2.36. The van der Waals surface area contributed by atoms with Crippen LogP contribution in [0.25, 0.3) is 0 Å². The molecule has 0 N–H and O–H groups in total. The summed E-state index contributed by atoms with van der Waals surface area (Å²) in [6.07, 6.45) is -11.6. The molecule has 0 bridgehead atoms. The Kier molecular flexibility index (Phi) is 5.77. The minimum Gasteiger partial charge on any atom is -0.305 e. The Hall–Kier alpha value is -0.655. The van der Waals surface area contributed by atoms with Gasteiger partial charge in [0.05, 0.1) is 0 Å². The molecule has 1 nitrogen and oxygen atoms in total. The number of hydrogen-bond donors (Lipinski definition) is 0. The first-order valence-electron chi connectivity index (χ1n) is 5.29. The molecule has 0 aliphatic rings. The number of likely N-dealkylation sites (N-methyl/N-ethyl adjacent to an activating group) is 1. The molecule has 0 atom stereocenters. The number of rotatable bonds is 4. The van der Waals surface area contributed by atoms with E-state index in [2.05, 4.69) is 0 Å². The normalized spacial score (nSPS) is 14.8. The lowest BCUT2D eigenvalue weighted by molar-refractivity contribution is -0.104. The van der Waals surface area contributed by atoms with Crippen LogP contribution >= 0.6 is 0 Å². The maximum atomic E-state index is 12.3. The van der Waals surface area contributed by atoms with Crippen LogP contribution in [-0.4, -0.2) is 44.4 Å². The van der Waals surface area contributed by atoms with E-state index in [4.69, 9.17) is 0 Å². The van der Waals surface area contributed by atoms with Gasteiger partial charge in [0.15, 0.2) is 0 Å². The van der Waals surface area contributed by atoms with E-state index in [9.17, 15) is 26.3 Å². The van der Waals surface area contributed by atoms with Crippen molar-refractivity contribution in [1.82, 2.24) is 4.90 Å². The number of hydrogen-bond acceptors (Lipinski definition) is 1. The van der Waals surface area contributed by atoms with Crippen LogP contribution in [-0.2, 0) is 0 Å². The number of halogens is 6. The molecular weight excluding hydrogens is 259 g/mol. The lowest BCUT2D eigenvalue weighted by Crippen LogP contribution is -2.47. The van der Waals surface area contributed by atoms with Crippen molar-refractivity contribution in [2.24, 2.45) is 0 Å². The molecule has 0 fully saturated rings. The number of nitrogens with zero attached hydrogens (tertiary/aromatic N) is 1. The summed E-state index contributed by atoms with van der Waals surface area (Å²) in [6, 6.07) is 0. The van der Waals surface area contributed by atoms with E-state index < -0.39 is 25.2 Å². The SMILES string of the molecule is C/C(CB(C(F)(F)F)C(F)(F)F)=C(\C)CN(C)C. The summed E-state index contributed by atoms with van der Waals surface area (Å²) in [5.41, 5.74) is 0.654. The molecule has 0 aliphatic heterocycles. The van der Waals surface area contributed by atoms with Gasteiger partial charge in [-0.15, -0.1) is 0 Å². The smallest absolute Gasteiger partial charge is 0.305 e. The molecule has 0 unspecified atom stereocenters. The van der Waals surface area contributed by atoms with Crippen molar-refractivity contribution in [3.63, 3.8) is 0 Å². The van der Waals surface area contributed by atoms with Gasteiger partial charge in [-0.1, -0.05) is 11.1 Å². The van der Waals surface area contributed by atoms with Crippen molar-refractivity contribution in [2.75, 3.05) is 20.6 Å². The Morgan fingerprint density at radius 1 is 0.889 bits per heavy atom. The fraction of sp³-hybridized carbons (Fsp3) is 0.800. The topological polar surface area (TPSA) is 3.24 Å². The predicted molar refractivity (Wildman–Crippen MR) is 59.6 cm³/mol. The second kappa shape index (κ2) is 5.99. The summed E-state index contributed by atoms with van der Waals surface area (Å²) in [7, 11) is 3.39. The predicted octanol–water partition coefficient (Wildman–Crippen LogP) is 3.58. The van der Waals surface area contributed by atoms with Crippen molar-refractivity contribution in [1.29, 1.82) is 0 Å². The molecule has 0 aromatic heterocycles. The van der Waals surface area contributed by atoms with E-state index in [-0.39, 0.29) is 5.57 Å². The van der Waals surface area contributed by atoms with Crippen molar-refractivity contribution >= 4 is 6.71 Å². The Morgan fingerprint density at radius 3 is 1.56 bits per heavy atom. The van der Waals surface area contributed by atoms with Crippen LogP contribution in [0.5, 0.6) is 0 Å². The average molecular weight is 275 g/mol. The molecule has 0 heterocycles. The van der Waals surface area contributed by atoms with Gasteiger partial charge < -0.3 is 4.90 Å². The van der Waals surface area contributed by atoms with E-state index >= 15 is 0 Å². The Labute approximate surface area is 103 Å². The maximum Gasteiger partial charge on any atom is 0.404 e. The molecule has 0 spiro atoms. The molecule has 0 saturated carbocycles. The van der Waals surface area contributed by atoms with Crippen LogP contribution in [0.1, 0.15) is 13.8 Å². The average Bonchev–Trinajstić information content (AvgIpc) is 2.08. The molecule has 0 saturated heterocycles. The van der Waals surface area contributed by atoms with Crippen molar-refractivity contribution < 1.29 is 26.3 Å². The lowest BCUT2D eigenvalue weighted by atomic mass is 9.44. The first-order valence-corrected chi connectivity index (χ1v) is 5.29. The van der Waals surface area contributed by atoms with E-state index in [1.807, 2.05) is 0 Å².